The molecular weight excluding hydrogens is 272 g/mol. The Labute approximate surface area is 135 Å². The molecule has 0 radical (unpaired) electrons. The van der Waals surface area contributed by atoms with E-state index in [-0.39, 0.29) is 17.4 Å². The van der Waals surface area contributed by atoms with Crippen LogP contribution in [0.25, 0.3) is 0 Å². The minimum atomic E-state index is -0.331. The average molecular weight is 302 g/mol. The van der Waals surface area contributed by atoms with E-state index in [4.69, 9.17) is 0 Å². The van der Waals surface area contributed by atoms with E-state index in [1.807, 2.05) is 20.8 Å². The molecule has 22 heavy (non-hydrogen) atoms. The van der Waals surface area contributed by atoms with Crippen LogP contribution in [0.4, 0.5) is 0 Å². The van der Waals surface area contributed by atoms with Gasteiger partial charge in [0.2, 0.25) is 5.91 Å². The van der Waals surface area contributed by atoms with Gasteiger partial charge in [-0.15, -0.1) is 0 Å². The lowest BCUT2D eigenvalue weighted by atomic mass is 9.86. The zero-order valence-electron chi connectivity index (χ0n) is 14.6. The van der Waals surface area contributed by atoms with Crippen molar-refractivity contribution in [3.8, 4) is 0 Å². The molecular formula is C19H30N2O. The van der Waals surface area contributed by atoms with Crippen molar-refractivity contribution in [1.29, 1.82) is 0 Å². The van der Waals surface area contributed by atoms with E-state index in [0.717, 1.165) is 19.5 Å². The molecule has 0 aliphatic carbocycles. The number of rotatable bonds is 3. The molecule has 2 atom stereocenters. The lowest BCUT2D eigenvalue weighted by Gasteiger charge is -2.41. The molecule has 1 N–H and O–H groups in total. The van der Waals surface area contributed by atoms with E-state index in [1.165, 1.54) is 5.56 Å². The van der Waals surface area contributed by atoms with Crippen LogP contribution in [0.3, 0.4) is 0 Å². The quantitative estimate of drug-likeness (QED) is 0.928. The SMILES string of the molecule is CC(C)N1CC(NC(=O)C(C)(C)C)CC(c2ccccc2)C1. The summed E-state index contributed by atoms with van der Waals surface area (Å²) >= 11 is 0. The van der Waals surface area contributed by atoms with Crippen molar-refractivity contribution in [2.75, 3.05) is 13.1 Å². The Balaban J connectivity index is 2.12. The fourth-order valence-corrected chi connectivity index (χ4v) is 3.03. The second kappa shape index (κ2) is 6.82. The number of benzene rings is 1. The van der Waals surface area contributed by atoms with E-state index < -0.39 is 0 Å². The van der Waals surface area contributed by atoms with Gasteiger partial charge in [0, 0.05) is 30.6 Å². The second-order valence-corrected chi connectivity index (χ2v) is 7.81. The largest absolute Gasteiger partial charge is 0.352 e. The van der Waals surface area contributed by atoms with Crippen LogP contribution in [0.5, 0.6) is 0 Å². The van der Waals surface area contributed by atoms with Crippen LogP contribution in [0, 0.1) is 5.41 Å². The molecule has 1 heterocycles. The van der Waals surface area contributed by atoms with E-state index >= 15 is 0 Å². The molecule has 1 amide bonds. The van der Waals surface area contributed by atoms with Crippen LogP contribution in [0.1, 0.15) is 52.5 Å². The monoisotopic (exact) mass is 302 g/mol. The third-order valence-corrected chi connectivity index (χ3v) is 4.50. The molecule has 2 rings (SSSR count). The molecule has 0 aromatic heterocycles. The third-order valence-electron chi connectivity index (χ3n) is 4.50. The molecule has 3 heteroatoms. The smallest absolute Gasteiger partial charge is 0.225 e. The van der Waals surface area contributed by atoms with Gasteiger partial charge in [-0.3, -0.25) is 9.69 Å². The molecule has 122 valence electrons. The standard InChI is InChI=1S/C19H30N2O/c1-14(2)21-12-16(15-9-7-6-8-10-15)11-17(13-21)20-18(22)19(3,4)5/h6-10,14,16-17H,11-13H2,1-5H3,(H,20,22). The molecule has 1 saturated heterocycles. The van der Waals surface area contributed by atoms with Gasteiger partial charge in [0.25, 0.3) is 0 Å². The molecule has 3 nitrogen and oxygen atoms in total. The number of nitrogens with zero attached hydrogens (tertiary/aromatic N) is 1. The van der Waals surface area contributed by atoms with Crippen LogP contribution < -0.4 is 5.32 Å². The maximum Gasteiger partial charge on any atom is 0.225 e. The molecule has 1 aromatic rings. The van der Waals surface area contributed by atoms with Gasteiger partial charge >= 0.3 is 0 Å². The Kier molecular flexibility index (Phi) is 5.28. The van der Waals surface area contributed by atoms with E-state index in [9.17, 15) is 4.79 Å². The first-order valence-electron chi connectivity index (χ1n) is 8.37. The summed E-state index contributed by atoms with van der Waals surface area (Å²) in [7, 11) is 0. The summed E-state index contributed by atoms with van der Waals surface area (Å²) < 4.78 is 0. The molecule has 2 unspecified atom stereocenters. The second-order valence-electron chi connectivity index (χ2n) is 7.81. The lowest BCUT2D eigenvalue weighted by molar-refractivity contribution is -0.129. The number of amides is 1. The Morgan fingerprint density at radius 3 is 2.36 bits per heavy atom. The van der Waals surface area contributed by atoms with E-state index in [1.54, 1.807) is 0 Å². The van der Waals surface area contributed by atoms with E-state index in [2.05, 4.69) is 54.4 Å². The summed E-state index contributed by atoms with van der Waals surface area (Å²) in [4.78, 5) is 14.8. The molecule has 1 aromatic carbocycles. The van der Waals surface area contributed by atoms with Gasteiger partial charge in [-0.2, -0.15) is 0 Å². The predicted octanol–water partition coefficient (Wildman–Crippen LogP) is 3.42. The van der Waals surface area contributed by atoms with Crippen LogP contribution in [0.2, 0.25) is 0 Å². The highest BCUT2D eigenvalue weighted by atomic mass is 16.2. The summed E-state index contributed by atoms with van der Waals surface area (Å²) in [5, 5.41) is 3.26. The highest BCUT2D eigenvalue weighted by Gasteiger charge is 2.32. The minimum absolute atomic E-state index is 0.148. The fraction of sp³-hybridized carbons (Fsp3) is 0.632. The molecule has 0 bridgehead atoms. The van der Waals surface area contributed by atoms with Crippen LogP contribution in [0.15, 0.2) is 30.3 Å². The van der Waals surface area contributed by atoms with Crippen molar-refractivity contribution in [3.63, 3.8) is 0 Å². The molecule has 0 saturated carbocycles. The third kappa shape index (κ3) is 4.33. The van der Waals surface area contributed by atoms with Gasteiger partial charge in [-0.1, -0.05) is 51.1 Å². The number of piperidine rings is 1. The van der Waals surface area contributed by atoms with Gasteiger partial charge < -0.3 is 5.32 Å². The van der Waals surface area contributed by atoms with Crippen molar-refractivity contribution >= 4 is 5.91 Å². The Morgan fingerprint density at radius 2 is 1.82 bits per heavy atom. The lowest BCUT2D eigenvalue weighted by Crippen LogP contribution is -2.53. The van der Waals surface area contributed by atoms with E-state index in [0.29, 0.717) is 12.0 Å². The first-order valence-corrected chi connectivity index (χ1v) is 8.37. The minimum Gasteiger partial charge on any atom is -0.352 e. The Bertz CT molecular complexity index is 490. The van der Waals surface area contributed by atoms with Crippen molar-refractivity contribution < 1.29 is 4.79 Å². The molecule has 0 spiro atoms. The zero-order chi connectivity index (χ0) is 16.3. The van der Waals surface area contributed by atoms with Crippen LogP contribution in [-0.4, -0.2) is 36.0 Å². The maximum absolute atomic E-state index is 12.3. The number of carbonyl (C=O) groups excluding carboxylic acids is 1. The summed E-state index contributed by atoms with van der Waals surface area (Å²) in [6.07, 6.45) is 1.02. The van der Waals surface area contributed by atoms with Gasteiger partial charge in [-0.05, 0) is 31.7 Å². The van der Waals surface area contributed by atoms with Gasteiger partial charge in [0.1, 0.15) is 0 Å². The van der Waals surface area contributed by atoms with Crippen molar-refractivity contribution in [3.05, 3.63) is 35.9 Å². The topological polar surface area (TPSA) is 32.3 Å². The van der Waals surface area contributed by atoms with Gasteiger partial charge in [-0.25, -0.2) is 0 Å². The highest BCUT2D eigenvalue weighted by molar-refractivity contribution is 5.81. The highest BCUT2D eigenvalue weighted by Crippen LogP contribution is 2.28. The van der Waals surface area contributed by atoms with Crippen molar-refractivity contribution in [1.82, 2.24) is 10.2 Å². The number of carbonyl (C=O) groups is 1. The summed E-state index contributed by atoms with van der Waals surface area (Å²) in [6.45, 7) is 12.4. The summed E-state index contributed by atoms with van der Waals surface area (Å²) in [5.74, 6) is 0.637. The molecule has 1 fully saturated rings. The normalized spacial score (nSPS) is 23.5. The number of hydrogen-bond donors (Lipinski definition) is 1. The van der Waals surface area contributed by atoms with Crippen molar-refractivity contribution in [2.45, 2.75) is 59.0 Å². The Morgan fingerprint density at radius 1 is 1.18 bits per heavy atom. The predicted molar refractivity (Wildman–Crippen MR) is 91.9 cm³/mol. The first kappa shape index (κ1) is 17.0. The fourth-order valence-electron chi connectivity index (χ4n) is 3.03. The first-order chi connectivity index (χ1) is 10.3. The maximum atomic E-state index is 12.3. The Hall–Kier alpha value is -1.35. The van der Waals surface area contributed by atoms with Crippen LogP contribution >= 0.6 is 0 Å². The number of likely N-dealkylation sites (tertiary alicyclic amines) is 1. The number of nitrogens with one attached hydrogen (secondary N) is 1. The number of hydrogen-bond acceptors (Lipinski definition) is 2. The molecule has 1 aliphatic heterocycles. The summed E-state index contributed by atoms with van der Waals surface area (Å²) in [5.41, 5.74) is 1.05. The van der Waals surface area contributed by atoms with Crippen molar-refractivity contribution in [2.24, 2.45) is 5.41 Å². The van der Waals surface area contributed by atoms with Gasteiger partial charge in [0.15, 0.2) is 0 Å². The molecule has 1 aliphatic rings. The summed E-state index contributed by atoms with van der Waals surface area (Å²) in [6, 6.07) is 11.4. The van der Waals surface area contributed by atoms with Crippen LogP contribution in [-0.2, 0) is 4.79 Å². The average Bonchev–Trinajstić information content (AvgIpc) is 2.46. The zero-order valence-corrected chi connectivity index (χ0v) is 14.6. The van der Waals surface area contributed by atoms with Gasteiger partial charge in [0.05, 0.1) is 0 Å².